The Balaban J connectivity index is 2.09. The smallest absolute Gasteiger partial charge is 0.115 e. The molecule has 1 N–H and O–H groups in total. The molecule has 0 aromatic rings. The number of hydrogen-bond acceptors (Lipinski definition) is 1. The average molecular weight is 187 g/mol. The fourth-order valence-corrected chi connectivity index (χ4v) is 1.98. The summed E-state index contributed by atoms with van der Waals surface area (Å²) in [4.78, 5) is 0. The van der Waals surface area contributed by atoms with Crippen molar-refractivity contribution in [2.75, 3.05) is 6.54 Å². The van der Waals surface area contributed by atoms with Crippen molar-refractivity contribution in [3.8, 4) is 0 Å². The van der Waals surface area contributed by atoms with Gasteiger partial charge in [0, 0.05) is 6.04 Å². The molecule has 2 heteroatoms. The van der Waals surface area contributed by atoms with Gasteiger partial charge < -0.3 is 5.32 Å². The van der Waals surface area contributed by atoms with E-state index in [2.05, 4.69) is 12.2 Å². The zero-order valence-electron chi connectivity index (χ0n) is 8.69. The third-order valence-corrected chi connectivity index (χ3v) is 2.87. The second kappa shape index (κ2) is 6.36. The number of nitrogens with one attached hydrogen (secondary N) is 1. The quantitative estimate of drug-likeness (QED) is 0.652. The van der Waals surface area contributed by atoms with Crippen molar-refractivity contribution in [3.05, 3.63) is 0 Å². The van der Waals surface area contributed by atoms with E-state index in [4.69, 9.17) is 0 Å². The molecule has 0 bridgehead atoms. The molecular weight excluding hydrogens is 165 g/mol. The molecule has 0 spiro atoms. The fourth-order valence-electron chi connectivity index (χ4n) is 1.98. The lowest BCUT2D eigenvalue weighted by Gasteiger charge is -2.26. The van der Waals surface area contributed by atoms with Gasteiger partial charge in [-0.3, -0.25) is 0 Å². The summed E-state index contributed by atoms with van der Waals surface area (Å²) < 4.78 is 13.5. The molecule has 1 heterocycles. The fraction of sp³-hybridized carbons (Fsp3) is 1.00. The van der Waals surface area contributed by atoms with Gasteiger partial charge in [-0.2, -0.15) is 0 Å². The lowest BCUT2D eigenvalue weighted by molar-refractivity contribution is 0.202. The first-order valence-corrected chi connectivity index (χ1v) is 5.72. The van der Waals surface area contributed by atoms with Gasteiger partial charge in [0.2, 0.25) is 0 Å². The van der Waals surface area contributed by atoms with E-state index in [1.807, 2.05) is 0 Å². The number of unbranched alkanes of at least 4 members (excludes halogenated alkanes) is 2. The predicted octanol–water partition coefficient (Wildman–Crippen LogP) is 3.05. The lowest BCUT2D eigenvalue weighted by Crippen LogP contribution is -2.41. The van der Waals surface area contributed by atoms with Crippen LogP contribution in [0.4, 0.5) is 4.39 Å². The third kappa shape index (κ3) is 4.08. The van der Waals surface area contributed by atoms with Crippen LogP contribution in [0.3, 0.4) is 0 Å². The predicted molar refractivity (Wildman–Crippen MR) is 54.7 cm³/mol. The molecule has 0 aromatic heterocycles. The highest BCUT2D eigenvalue weighted by atomic mass is 19.1. The highest BCUT2D eigenvalue weighted by molar-refractivity contribution is 4.79. The lowest BCUT2D eigenvalue weighted by atomic mass is 9.97. The van der Waals surface area contributed by atoms with Crippen LogP contribution in [-0.4, -0.2) is 18.8 Å². The van der Waals surface area contributed by atoms with Gasteiger partial charge in [-0.25, -0.2) is 4.39 Å². The number of piperidine rings is 1. The van der Waals surface area contributed by atoms with Crippen LogP contribution in [0.5, 0.6) is 0 Å². The summed E-state index contributed by atoms with van der Waals surface area (Å²) in [5, 5.41) is 3.27. The Kier molecular flexibility index (Phi) is 5.37. The molecular formula is C11H22FN. The highest BCUT2D eigenvalue weighted by Crippen LogP contribution is 2.17. The number of hydrogen-bond donors (Lipinski definition) is 1. The molecule has 0 saturated carbocycles. The summed E-state index contributed by atoms with van der Waals surface area (Å²) in [6.07, 6.45) is 7.02. The molecule has 2 unspecified atom stereocenters. The maximum atomic E-state index is 13.5. The van der Waals surface area contributed by atoms with Crippen LogP contribution >= 0.6 is 0 Å². The van der Waals surface area contributed by atoms with Crippen molar-refractivity contribution in [2.24, 2.45) is 0 Å². The highest BCUT2D eigenvalue weighted by Gasteiger charge is 2.21. The Bertz CT molecular complexity index is 121. The molecule has 0 amide bonds. The summed E-state index contributed by atoms with van der Waals surface area (Å²) in [6, 6.07) is 0.158. The maximum Gasteiger partial charge on any atom is 0.115 e. The summed E-state index contributed by atoms with van der Waals surface area (Å²) in [5.41, 5.74) is 0. The monoisotopic (exact) mass is 187 g/mol. The number of rotatable bonds is 5. The molecule has 1 rings (SSSR count). The largest absolute Gasteiger partial charge is 0.311 e. The number of alkyl halides is 1. The van der Waals surface area contributed by atoms with Crippen molar-refractivity contribution in [3.63, 3.8) is 0 Å². The van der Waals surface area contributed by atoms with Gasteiger partial charge in [-0.1, -0.05) is 32.6 Å². The maximum absolute atomic E-state index is 13.5. The second-order valence-corrected chi connectivity index (χ2v) is 4.07. The van der Waals surface area contributed by atoms with Crippen LogP contribution in [0.2, 0.25) is 0 Å². The van der Waals surface area contributed by atoms with Crippen molar-refractivity contribution < 1.29 is 4.39 Å². The first-order valence-electron chi connectivity index (χ1n) is 5.72. The number of halogens is 1. The Hall–Kier alpha value is -0.110. The Morgan fingerprint density at radius 2 is 2.23 bits per heavy atom. The Labute approximate surface area is 81.1 Å². The molecule has 0 aromatic carbocycles. The average Bonchev–Trinajstić information content (AvgIpc) is 2.19. The normalized spacial score (nSPS) is 25.8. The molecule has 1 nitrogen and oxygen atoms in total. The van der Waals surface area contributed by atoms with E-state index in [0.717, 1.165) is 25.8 Å². The second-order valence-electron chi connectivity index (χ2n) is 4.07. The molecule has 1 saturated heterocycles. The van der Waals surface area contributed by atoms with E-state index >= 15 is 0 Å². The minimum atomic E-state index is -0.605. The van der Waals surface area contributed by atoms with Crippen LogP contribution in [0.25, 0.3) is 0 Å². The van der Waals surface area contributed by atoms with E-state index in [9.17, 15) is 4.39 Å². The minimum Gasteiger partial charge on any atom is -0.311 e. The summed E-state index contributed by atoms with van der Waals surface area (Å²) in [7, 11) is 0. The van der Waals surface area contributed by atoms with E-state index in [-0.39, 0.29) is 6.04 Å². The molecule has 2 atom stereocenters. The SMILES string of the molecule is CCCCCC(F)C1CCCCN1. The molecule has 78 valence electrons. The van der Waals surface area contributed by atoms with E-state index < -0.39 is 6.17 Å². The Morgan fingerprint density at radius 3 is 2.85 bits per heavy atom. The summed E-state index contributed by atoms with van der Waals surface area (Å²) in [6.45, 7) is 3.17. The summed E-state index contributed by atoms with van der Waals surface area (Å²) >= 11 is 0. The van der Waals surface area contributed by atoms with Crippen molar-refractivity contribution in [2.45, 2.75) is 64.1 Å². The van der Waals surface area contributed by atoms with Gasteiger partial charge in [-0.05, 0) is 25.8 Å². The van der Waals surface area contributed by atoms with Gasteiger partial charge in [-0.15, -0.1) is 0 Å². The van der Waals surface area contributed by atoms with Crippen LogP contribution in [-0.2, 0) is 0 Å². The minimum absolute atomic E-state index is 0.158. The molecule has 1 aliphatic heterocycles. The van der Waals surface area contributed by atoms with Crippen molar-refractivity contribution in [1.29, 1.82) is 0 Å². The van der Waals surface area contributed by atoms with Crippen LogP contribution in [0.1, 0.15) is 51.9 Å². The van der Waals surface area contributed by atoms with Gasteiger partial charge in [0.25, 0.3) is 0 Å². The first-order chi connectivity index (χ1) is 6.34. The van der Waals surface area contributed by atoms with Crippen LogP contribution in [0, 0.1) is 0 Å². The van der Waals surface area contributed by atoms with Gasteiger partial charge in [0.05, 0.1) is 0 Å². The zero-order valence-corrected chi connectivity index (χ0v) is 8.69. The van der Waals surface area contributed by atoms with Crippen LogP contribution < -0.4 is 5.32 Å². The van der Waals surface area contributed by atoms with E-state index in [1.165, 1.54) is 25.7 Å². The van der Waals surface area contributed by atoms with Gasteiger partial charge >= 0.3 is 0 Å². The molecule has 1 fully saturated rings. The van der Waals surface area contributed by atoms with Crippen LogP contribution in [0.15, 0.2) is 0 Å². The molecule has 0 radical (unpaired) electrons. The third-order valence-electron chi connectivity index (χ3n) is 2.87. The summed E-state index contributed by atoms with van der Waals surface area (Å²) in [5.74, 6) is 0. The molecule has 13 heavy (non-hydrogen) atoms. The van der Waals surface area contributed by atoms with Gasteiger partial charge in [0.1, 0.15) is 6.17 Å². The molecule has 1 aliphatic rings. The van der Waals surface area contributed by atoms with Gasteiger partial charge in [0.15, 0.2) is 0 Å². The topological polar surface area (TPSA) is 12.0 Å². The van der Waals surface area contributed by atoms with Crippen molar-refractivity contribution in [1.82, 2.24) is 5.32 Å². The Morgan fingerprint density at radius 1 is 1.38 bits per heavy atom. The van der Waals surface area contributed by atoms with E-state index in [0.29, 0.717) is 0 Å². The molecule has 0 aliphatic carbocycles. The van der Waals surface area contributed by atoms with E-state index in [1.54, 1.807) is 0 Å². The van der Waals surface area contributed by atoms with Crippen molar-refractivity contribution >= 4 is 0 Å². The first kappa shape index (κ1) is 11.0. The zero-order chi connectivity index (χ0) is 9.52. The standard InChI is InChI=1S/C11H22FN/c1-2-3-4-7-10(12)11-8-5-6-9-13-11/h10-11,13H,2-9H2,1H3.